The lowest BCUT2D eigenvalue weighted by Crippen LogP contribution is -2.19. The molecule has 1 N–H and O–H groups in total. The summed E-state index contributed by atoms with van der Waals surface area (Å²) in [5.74, 6) is 0. The normalized spacial score (nSPS) is 12.2. The van der Waals surface area contributed by atoms with Crippen molar-refractivity contribution in [2.45, 2.75) is 25.9 Å². The summed E-state index contributed by atoms with van der Waals surface area (Å²) in [5, 5.41) is 3.27. The lowest BCUT2D eigenvalue weighted by molar-refractivity contribution is 0.561. The van der Waals surface area contributed by atoms with Gasteiger partial charge in [0.1, 0.15) is 0 Å². The Kier molecular flexibility index (Phi) is 5.07. The largest absolute Gasteiger partial charge is 0.369 e. The molecule has 20 heavy (non-hydrogen) atoms. The van der Waals surface area contributed by atoms with Crippen molar-refractivity contribution in [3.63, 3.8) is 0 Å². The molecule has 0 aromatic carbocycles. The molecule has 0 aliphatic heterocycles. The van der Waals surface area contributed by atoms with Crippen LogP contribution in [0, 0.1) is 0 Å². The number of anilines is 1. The average Bonchev–Trinajstić information content (AvgIpc) is 2.50. The van der Waals surface area contributed by atoms with Crippen molar-refractivity contribution in [3.05, 3.63) is 54.1 Å². The Bertz CT molecular complexity index is 506. The number of aromatic nitrogens is 2. The summed E-state index contributed by atoms with van der Waals surface area (Å²) >= 11 is 0. The van der Waals surface area contributed by atoms with Crippen LogP contribution in [0.25, 0.3) is 0 Å². The third kappa shape index (κ3) is 3.54. The van der Waals surface area contributed by atoms with E-state index in [0.29, 0.717) is 6.04 Å². The zero-order chi connectivity index (χ0) is 14.4. The first-order valence-corrected chi connectivity index (χ1v) is 6.97. The van der Waals surface area contributed by atoms with E-state index < -0.39 is 0 Å². The number of rotatable bonds is 6. The minimum Gasteiger partial charge on any atom is -0.369 e. The Balaban J connectivity index is 2.06. The van der Waals surface area contributed by atoms with Gasteiger partial charge in [-0.3, -0.25) is 9.97 Å². The fourth-order valence-electron chi connectivity index (χ4n) is 2.25. The van der Waals surface area contributed by atoms with Crippen molar-refractivity contribution >= 4 is 5.69 Å². The Hall–Kier alpha value is -1.94. The first-order chi connectivity index (χ1) is 9.74. The van der Waals surface area contributed by atoms with Gasteiger partial charge in [-0.1, -0.05) is 13.0 Å². The van der Waals surface area contributed by atoms with E-state index >= 15 is 0 Å². The summed E-state index contributed by atoms with van der Waals surface area (Å²) in [4.78, 5) is 10.9. The number of nitrogens with zero attached hydrogens (tertiary/aromatic N) is 3. The molecule has 2 heterocycles. The molecule has 1 atom stereocenters. The Morgan fingerprint density at radius 1 is 1.25 bits per heavy atom. The van der Waals surface area contributed by atoms with E-state index in [9.17, 15) is 0 Å². The maximum atomic E-state index is 4.56. The molecule has 0 radical (unpaired) electrons. The third-order valence-electron chi connectivity index (χ3n) is 3.47. The standard InChI is InChI=1S/C16H22N4/c1-4-15(17-2)16-8-7-14(11-19-16)20(3)12-13-6-5-9-18-10-13/h5-11,15,17H,4,12H2,1-3H3. The molecule has 0 fully saturated rings. The van der Waals surface area contributed by atoms with Crippen LogP contribution in [-0.2, 0) is 6.54 Å². The van der Waals surface area contributed by atoms with Crippen LogP contribution in [0.2, 0.25) is 0 Å². The SMILES string of the molecule is CCC(NC)c1ccc(N(C)Cc2cccnc2)cn1. The van der Waals surface area contributed by atoms with Crippen molar-refractivity contribution in [2.75, 3.05) is 19.0 Å². The summed E-state index contributed by atoms with van der Waals surface area (Å²) in [6.45, 7) is 2.99. The van der Waals surface area contributed by atoms with Crippen molar-refractivity contribution in [1.82, 2.24) is 15.3 Å². The van der Waals surface area contributed by atoms with Gasteiger partial charge in [-0.25, -0.2) is 0 Å². The Labute approximate surface area is 120 Å². The second kappa shape index (κ2) is 7.01. The lowest BCUT2D eigenvalue weighted by Gasteiger charge is -2.20. The molecular formula is C16H22N4. The van der Waals surface area contributed by atoms with Crippen LogP contribution in [-0.4, -0.2) is 24.1 Å². The fraction of sp³-hybridized carbons (Fsp3) is 0.375. The molecule has 4 nitrogen and oxygen atoms in total. The highest BCUT2D eigenvalue weighted by Crippen LogP contribution is 2.18. The van der Waals surface area contributed by atoms with E-state index in [4.69, 9.17) is 0 Å². The summed E-state index contributed by atoms with van der Waals surface area (Å²) in [5.41, 5.74) is 3.40. The molecule has 2 aromatic rings. The van der Waals surface area contributed by atoms with Gasteiger partial charge in [0.25, 0.3) is 0 Å². The second-order valence-electron chi connectivity index (χ2n) is 4.91. The average molecular weight is 270 g/mol. The maximum Gasteiger partial charge on any atom is 0.0574 e. The van der Waals surface area contributed by atoms with Crippen LogP contribution >= 0.6 is 0 Å². The highest BCUT2D eigenvalue weighted by Gasteiger charge is 2.09. The molecule has 106 valence electrons. The van der Waals surface area contributed by atoms with Gasteiger partial charge in [-0.2, -0.15) is 0 Å². The fourth-order valence-corrected chi connectivity index (χ4v) is 2.25. The van der Waals surface area contributed by atoms with Gasteiger partial charge in [-0.05, 0) is 37.2 Å². The molecule has 2 rings (SSSR count). The predicted octanol–water partition coefficient (Wildman–Crippen LogP) is 2.78. The summed E-state index contributed by atoms with van der Waals surface area (Å²) in [7, 11) is 4.04. The van der Waals surface area contributed by atoms with E-state index in [-0.39, 0.29) is 0 Å². The number of hydrogen-bond acceptors (Lipinski definition) is 4. The summed E-state index contributed by atoms with van der Waals surface area (Å²) in [6.07, 6.45) is 6.66. The van der Waals surface area contributed by atoms with Crippen molar-refractivity contribution < 1.29 is 0 Å². The van der Waals surface area contributed by atoms with Gasteiger partial charge in [0.15, 0.2) is 0 Å². The van der Waals surface area contributed by atoms with Gasteiger partial charge in [0, 0.05) is 32.0 Å². The quantitative estimate of drug-likeness (QED) is 0.876. The first-order valence-electron chi connectivity index (χ1n) is 6.97. The Morgan fingerprint density at radius 2 is 2.10 bits per heavy atom. The highest BCUT2D eigenvalue weighted by atomic mass is 15.1. The summed E-state index contributed by atoms with van der Waals surface area (Å²) < 4.78 is 0. The Morgan fingerprint density at radius 3 is 2.65 bits per heavy atom. The van der Waals surface area contributed by atoms with Crippen LogP contribution in [0.1, 0.15) is 30.6 Å². The molecule has 0 spiro atoms. The second-order valence-corrected chi connectivity index (χ2v) is 4.91. The van der Waals surface area contributed by atoms with Gasteiger partial charge < -0.3 is 10.2 Å². The number of pyridine rings is 2. The number of hydrogen-bond donors (Lipinski definition) is 1. The van der Waals surface area contributed by atoms with Gasteiger partial charge >= 0.3 is 0 Å². The van der Waals surface area contributed by atoms with Crippen LogP contribution in [0.5, 0.6) is 0 Å². The molecule has 0 saturated heterocycles. The first kappa shape index (κ1) is 14.5. The van der Waals surface area contributed by atoms with Gasteiger partial charge in [0.05, 0.1) is 17.6 Å². The highest BCUT2D eigenvalue weighted by molar-refractivity contribution is 5.44. The molecule has 0 saturated carbocycles. The van der Waals surface area contributed by atoms with Crippen LogP contribution in [0.3, 0.4) is 0 Å². The van der Waals surface area contributed by atoms with E-state index in [1.807, 2.05) is 25.5 Å². The smallest absolute Gasteiger partial charge is 0.0574 e. The number of nitrogens with one attached hydrogen (secondary N) is 1. The molecule has 0 amide bonds. The molecule has 2 aromatic heterocycles. The van der Waals surface area contributed by atoms with E-state index in [1.54, 1.807) is 6.20 Å². The monoisotopic (exact) mass is 270 g/mol. The molecule has 0 aliphatic carbocycles. The maximum absolute atomic E-state index is 4.56. The minimum atomic E-state index is 0.327. The van der Waals surface area contributed by atoms with Crippen LogP contribution < -0.4 is 10.2 Å². The molecule has 1 unspecified atom stereocenters. The lowest BCUT2D eigenvalue weighted by atomic mass is 10.1. The van der Waals surface area contributed by atoms with E-state index in [0.717, 1.165) is 24.3 Å². The molecule has 0 bridgehead atoms. The molecule has 0 aliphatic rings. The molecular weight excluding hydrogens is 248 g/mol. The molecule has 4 heteroatoms. The van der Waals surface area contributed by atoms with Crippen LogP contribution in [0.4, 0.5) is 5.69 Å². The third-order valence-corrected chi connectivity index (χ3v) is 3.47. The summed E-state index contributed by atoms with van der Waals surface area (Å²) in [6, 6.07) is 8.59. The topological polar surface area (TPSA) is 41.0 Å². The van der Waals surface area contributed by atoms with Gasteiger partial charge in [-0.15, -0.1) is 0 Å². The zero-order valence-corrected chi connectivity index (χ0v) is 12.4. The van der Waals surface area contributed by atoms with Crippen molar-refractivity contribution in [3.8, 4) is 0 Å². The van der Waals surface area contributed by atoms with E-state index in [1.165, 1.54) is 5.56 Å². The predicted molar refractivity (Wildman–Crippen MR) is 82.7 cm³/mol. The van der Waals surface area contributed by atoms with E-state index in [2.05, 4.69) is 52.4 Å². The zero-order valence-electron chi connectivity index (χ0n) is 12.4. The van der Waals surface area contributed by atoms with Crippen molar-refractivity contribution in [1.29, 1.82) is 0 Å². The van der Waals surface area contributed by atoms with Crippen LogP contribution in [0.15, 0.2) is 42.9 Å². The van der Waals surface area contributed by atoms with Gasteiger partial charge in [0.2, 0.25) is 0 Å². The van der Waals surface area contributed by atoms with Crippen molar-refractivity contribution in [2.24, 2.45) is 0 Å². The minimum absolute atomic E-state index is 0.327.